The van der Waals surface area contributed by atoms with E-state index in [4.69, 9.17) is 22.7 Å². The highest BCUT2D eigenvalue weighted by Gasteiger charge is 2.08. The van der Waals surface area contributed by atoms with Crippen molar-refractivity contribution >= 4 is 23.1 Å². The summed E-state index contributed by atoms with van der Waals surface area (Å²) in [6.45, 7) is 2.03. The van der Waals surface area contributed by atoms with Crippen molar-refractivity contribution in [1.29, 1.82) is 0 Å². The predicted molar refractivity (Wildman–Crippen MR) is 79.8 cm³/mol. The van der Waals surface area contributed by atoms with Crippen molar-refractivity contribution in [3.63, 3.8) is 0 Å². The molecule has 4 nitrogen and oxygen atoms in total. The molecule has 0 spiro atoms. The van der Waals surface area contributed by atoms with E-state index in [9.17, 15) is 9.18 Å². The molecular formula is C14H19FN2O2S. The van der Waals surface area contributed by atoms with Gasteiger partial charge in [0.2, 0.25) is 5.91 Å². The minimum absolute atomic E-state index is 0.0299. The second kappa shape index (κ2) is 7.91. The third kappa shape index (κ3) is 5.22. The normalized spacial score (nSPS) is 11.9. The van der Waals surface area contributed by atoms with Crippen molar-refractivity contribution in [3.05, 3.63) is 35.1 Å². The van der Waals surface area contributed by atoms with Crippen LogP contribution in [0.4, 0.5) is 4.39 Å². The minimum atomic E-state index is -0.430. The van der Waals surface area contributed by atoms with E-state index in [0.29, 0.717) is 24.0 Å². The van der Waals surface area contributed by atoms with Crippen molar-refractivity contribution in [2.75, 3.05) is 7.11 Å². The van der Waals surface area contributed by atoms with Gasteiger partial charge in [0.15, 0.2) is 0 Å². The number of hydrogen-bond acceptors (Lipinski definition) is 3. The zero-order valence-electron chi connectivity index (χ0n) is 11.6. The molecule has 1 aromatic rings. The van der Waals surface area contributed by atoms with E-state index in [2.05, 4.69) is 5.32 Å². The lowest BCUT2D eigenvalue weighted by molar-refractivity contribution is -0.121. The first-order chi connectivity index (χ1) is 9.43. The van der Waals surface area contributed by atoms with Gasteiger partial charge in [-0.2, -0.15) is 0 Å². The molecule has 6 heteroatoms. The van der Waals surface area contributed by atoms with Gasteiger partial charge in [-0.25, -0.2) is 4.39 Å². The predicted octanol–water partition coefficient (Wildman–Crippen LogP) is 1.89. The van der Waals surface area contributed by atoms with Crippen LogP contribution >= 0.6 is 12.2 Å². The molecule has 0 aliphatic rings. The third-order valence-corrected chi connectivity index (χ3v) is 3.23. The summed E-state index contributed by atoms with van der Waals surface area (Å²) in [5.41, 5.74) is 6.29. The van der Waals surface area contributed by atoms with E-state index < -0.39 is 5.82 Å². The quantitative estimate of drug-likeness (QED) is 0.755. The molecule has 0 bridgehead atoms. The zero-order valence-corrected chi connectivity index (χ0v) is 12.4. The molecule has 20 heavy (non-hydrogen) atoms. The van der Waals surface area contributed by atoms with Crippen LogP contribution < -0.4 is 11.1 Å². The van der Waals surface area contributed by atoms with Crippen LogP contribution in [0.3, 0.4) is 0 Å². The fraction of sp³-hybridized carbons (Fsp3) is 0.429. The number of ether oxygens (including phenoxy) is 1. The topological polar surface area (TPSA) is 64.3 Å². The van der Waals surface area contributed by atoms with Gasteiger partial charge in [0.25, 0.3) is 0 Å². The van der Waals surface area contributed by atoms with Crippen LogP contribution in [-0.4, -0.2) is 24.1 Å². The zero-order chi connectivity index (χ0) is 15.1. The Kier molecular flexibility index (Phi) is 6.54. The molecule has 0 saturated carbocycles. The lowest BCUT2D eigenvalue weighted by Gasteiger charge is -2.10. The molecule has 0 saturated heterocycles. The Morgan fingerprint density at radius 3 is 2.80 bits per heavy atom. The summed E-state index contributed by atoms with van der Waals surface area (Å²) in [5.74, 6) is -0.562. The molecule has 0 heterocycles. The number of nitrogens with two attached hydrogens (primary N) is 1. The fourth-order valence-electron chi connectivity index (χ4n) is 1.58. The van der Waals surface area contributed by atoms with Crippen LogP contribution in [0.5, 0.6) is 0 Å². The average molecular weight is 298 g/mol. The van der Waals surface area contributed by atoms with Gasteiger partial charge in [-0.3, -0.25) is 4.79 Å². The van der Waals surface area contributed by atoms with Crippen molar-refractivity contribution in [2.45, 2.75) is 32.4 Å². The molecule has 0 aromatic heterocycles. The van der Waals surface area contributed by atoms with Gasteiger partial charge in [-0.05, 0) is 19.4 Å². The molecule has 0 fully saturated rings. The van der Waals surface area contributed by atoms with Crippen molar-refractivity contribution in [3.8, 4) is 0 Å². The van der Waals surface area contributed by atoms with Crippen molar-refractivity contribution in [1.82, 2.24) is 5.32 Å². The summed E-state index contributed by atoms with van der Waals surface area (Å²) >= 11 is 4.77. The molecule has 1 atom stereocenters. The van der Waals surface area contributed by atoms with Gasteiger partial charge in [-0.1, -0.05) is 24.4 Å². The SMILES string of the molecule is COC(C)CCC(=O)NCc1ccc(C(N)=S)cc1F. The van der Waals surface area contributed by atoms with Crippen LogP contribution in [0.15, 0.2) is 18.2 Å². The number of hydrogen-bond donors (Lipinski definition) is 2. The van der Waals surface area contributed by atoms with E-state index in [-0.39, 0.29) is 23.5 Å². The number of amides is 1. The standard InChI is InChI=1S/C14H19FN2O2S/c1-9(19-2)3-6-13(18)17-8-11-5-4-10(14(16)20)7-12(11)15/h4-5,7,9H,3,6,8H2,1-2H3,(H2,16,20)(H,17,18). The van der Waals surface area contributed by atoms with E-state index >= 15 is 0 Å². The van der Waals surface area contributed by atoms with Crippen LogP contribution in [-0.2, 0) is 16.1 Å². The summed E-state index contributed by atoms with van der Waals surface area (Å²) in [6.07, 6.45) is 1.01. The molecule has 0 aliphatic carbocycles. The van der Waals surface area contributed by atoms with Gasteiger partial charge in [0, 0.05) is 31.2 Å². The Morgan fingerprint density at radius 2 is 2.25 bits per heavy atom. The van der Waals surface area contributed by atoms with E-state index in [1.165, 1.54) is 6.07 Å². The lowest BCUT2D eigenvalue weighted by Crippen LogP contribution is -2.24. The Labute approximate surface area is 123 Å². The van der Waals surface area contributed by atoms with E-state index in [0.717, 1.165) is 0 Å². The van der Waals surface area contributed by atoms with E-state index in [1.54, 1.807) is 19.2 Å². The molecule has 1 amide bonds. The number of carbonyl (C=O) groups is 1. The third-order valence-electron chi connectivity index (χ3n) is 2.99. The highest BCUT2D eigenvalue weighted by molar-refractivity contribution is 7.80. The van der Waals surface area contributed by atoms with Gasteiger partial charge in [-0.15, -0.1) is 0 Å². The first-order valence-electron chi connectivity index (χ1n) is 6.31. The summed E-state index contributed by atoms with van der Waals surface area (Å²) in [4.78, 5) is 11.7. The van der Waals surface area contributed by atoms with E-state index in [1.807, 2.05) is 6.92 Å². The van der Waals surface area contributed by atoms with Gasteiger partial charge in [0.1, 0.15) is 10.8 Å². The first kappa shape index (κ1) is 16.5. The average Bonchev–Trinajstić information content (AvgIpc) is 2.43. The number of halogens is 1. The largest absolute Gasteiger partial charge is 0.389 e. The van der Waals surface area contributed by atoms with Crippen molar-refractivity contribution < 1.29 is 13.9 Å². The Bertz CT molecular complexity index is 494. The number of nitrogens with one attached hydrogen (secondary N) is 1. The smallest absolute Gasteiger partial charge is 0.220 e. The van der Waals surface area contributed by atoms with Gasteiger partial charge >= 0.3 is 0 Å². The second-order valence-corrected chi connectivity index (χ2v) is 4.97. The fourth-order valence-corrected chi connectivity index (χ4v) is 1.71. The van der Waals surface area contributed by atoms with Crippen molar-refractivity contribution in [2.24, 2.45) is 5.73 Å². The van der Waals surface area contributed by atoms with Crippen LogP contribution in [0.1, 0.15) is 30.9 Å². The highest BCUT2D eigenvalue weighted by atomic mass is 32.1. The van der Waals surface area contributed by atoms with Crippen LogP contribution in [0, 0.1) is 5.82 Å². The summed E-state index contributed by atoms with van der Waals surface area (Å²) in [5, 5.41) is 2.67. The number of carbonyl (C=O) groups excluding carboxylic acids is 1. The number of rotatable bonds is 7. The Morgan fingerprint density at radius 1 is 1.55 bits per heavy atom. The highest BCUT2D eigenvalue weighted by Crippen LogP contribution is 2.10. The summed E-state index contributed by atoms with van der Waals surface area (Å²) < 4.78 is 18.8. The number of methoxy groups -OCH3 is 1. The minimum Gasteiger partial charge on any atom is -0.389 e. The Hall–Kier alpha value is -1.53. The van der Waals surface area contributed by atoms with Crippen LogP contribution in [0.2, 0.25) is 0 Å². The molecule has 1 aromatic carbocycles. The maximum atomic E-state index is 13.7. The van der Waals surface area contributed by atoms with Gasteiger partial charge in [0.05, 0.1) is 6.10 Å². The molecule has 1 unspecified atom stereocenters. The first-order valence-corrected chi connectivity index (χ1v) is 6.72. The lowest BCUT2D eigenvalue weighted by atomic mass is 10.1. The second-order valence-electron chi connectivity index (χ2n) is 4.53. The summed E-state index contributed by atoms with van der Waals surface area (Å²) in [7, 11) is 1.60. The van der Waals surface area contributed by atoms with Crippen LogP contribution in [0.25, 0.3) is 0 Å². The molecule has 3 N–H and O–H groups in total. The van der Waals surface area contributed by atoms with Gasteiger partial charge < -0.3 is 15.8 Å². The maximum Gasteiger partial charge on any atom is 0.220 e. The maximum absolute atomic E-state index is 13.7. The molecule has 1 rings (SSSR count). The molecule has 0 radical (unpaired) electrons. The molecular weight excluding hydrogens is 279 g/mol. The molecule has 110 valence electrons. The molecule has 0 aliphatic heterocycles. The number of benzene rings is 1. The monoisotopic (exact) mass is 298 g/mol. The number of thiocarbonyl (C=S) groups is 1. The Balaban J connectivity index is 2.49. The summed E-state index contributed by atoms with van der Waals surface area (Å²) in [6, 6.07) is 4.48.